The van der Waals surface area contributed by atoms with Crippen LogP contribution in [0.25, 0.3) is 66.9 Å². The maximum atomic E-state index is 5.20. The summed E-state index contributed by atoms with van der Waals surface area (Å²) >= 11 is 0. The maximum Gasteiger partial charge on any atom is 0.235 e. The van der Waals surface area contributed by atoms with Crippen LogP contribution in [0.1, 0.15) is 25.1 Å². The van der Waals surface area contributed by atoms with Gasteiger partial charge in [0.2, 0.25) is 5.95 Å². The molecule has 204 valence electrons. The lowest BCUT2D eigenvalue weighted by atomic mass is 9.83. The van der Waals surface area contributed by atoms with Gasteiger partial charge in [0, 0.05) is 50.8 Å². The molecule has 4 aromatic carbocycles. The van der Waals surface area contributed by atoms with Gasteiger partial charge in [-0.25, -0.2) is 9.97 Å². The lowest BCUT2D eigenvalue weighted by molar-refractivity contribution is 0.645. The fraction of sp³-hybridized carbons (Fsp3) is 0.0789. The summed E-state index contributed by atoms with van der Waals surface area (Å²) in [5.74, 6) is 0.646. The van der Waals surface area contributed by atoms with E-state index in [2.05, 4.69) is 131 Å². The zero-order valence-corrected chi connectivity index (χ0v) is 23.9. The van der Waals surface area contributed by atoms with Crippen molar-refractivity contribution in [3.05, 3.63) is 139 Å². The Labute approximate surface area is 248 Å². The van der Waals surface area contributed by atoms with Crippen molar-refractivity contribution in [3.8, 4) is 34.2 Å². The molecule has 5 heteroatoms. The average molecular weight is 554 g/mol. The molecule has 1 aliphatic rings. The third-order valence-corrected chi connectivity index (χ3v) is 9.00. The molecule has 0 fully saturated rings. The van der Waals surface area contributed by atoms with Gasteiger partial charge in [0.15, 0.2) is 0 Å². The van der Waals surface area contributed by atoms with Crippen LogP contribution in [0.4, 0.5) is 0 Å². The normalized spacial score (nSPS) is 13.5. The topological polar surface area (TPSA) is 48.5 Å². The minimum atomic E-state index is -0.177. The number of pyridine rings is 1. The summed E-state index contributed by atoms with van der Waals surface area (Å²) in [6, 6.07) is 40.5. The standard InChI is InChI=1S/C38H27N5/c1-38(2)29-21-34-27(20-35(29)42-32-16-10-9-15-26(32)19-36(38)42)28-23-39-18-17-33(28)43(34)37-40-30(24-11-5-3-6-12-24)22-31(41-37)25-13-7-4-8-14-25/h3-23H,1-2H3. The van der Waals surface area contributed by atoms with Crippen LogP contribution in [0.2, 0.25) is 0 Å². The van der Waals surface area contributed by atoms with Gasteiger partial charge in [-0.05, 0) is 42.0 Å². The smallest absolute Gasteiger partial charge is 0.235 e. The van der Waals surface area contributed by atoms with Crippen molar-refractivity contribution in [2.45, 2.75) is 19.3 Å². The Morgan fingerprint density at radius 3 is 1.98 bits per heavy atom. The molecule has 4 aromatic heterocycles. The fourth-order valence-electron chi connectivity index (χ4n) is 6.86. The monoisotopic (exact) mass is 553 g/mol. The highest BCUT2D eigenvalue weighted by atomic mass is 15.2. The highest BCUT2D eigenvalue weighted by molar-refractivity contribution is 6.10. The molecule has 43 heavy (non-hydrogen) atoms. The molecule has 0 unspecified atom stereocenters. The van der Waals surface area contributed by atoms with E-state index in [1.165, 1.54) is 27.8 Å². The summed E-state index contributed by atoms with van der Waals surface area (Å²) in [6.45, 7) is 4.65. The Morgan fingerprint density at radius 2 is 1.26 bits per heavy atom. The van der Waals surface area contributed by atoms with Crippen molar-refractivity contribution in [3.63, 3.8) is 0 Å². The maximum absolute atomic E-state index is 5.20. The van der Waals surface area contributed by atoms with E-state index in [4.69, 9.17) is 9.97 Å². The van der Waals surface area contributed by atoms with Crippen molar-refractivity contribution < 1.29 is 0 Å². The van der Waals surface area contributed by atoms with Crippen LogP contribution >= 0.6 is 0 Å². The number of hydrogen-bond donors (Lipinski definition) is 0. The molecule has 0 atom stereocenters. The molecule has 5 nitrogen and oxygen atoms in total. The molecule has 9 rings (SSSR count). The van der Waals surface area contributed by atoms with Crippen molar-refractivity contribution >= 4 is 32.7 Å². The highest BCUT2D eigenvalue weighted by Crippen LogP contribution is 2.48. The Bertz CT molecular complexity index is 2300. The summed E-state index contributed by atoms with van der Waals surface area (Å²) in [5, 5.41) is 3.48. The minimum absolute atomic E-state index is 0.177. The Morgan fingerprint density at radius 1 is 0.581 bits per heavy atom. The first-order valence-corrected chi connectivity index (χ1v) is 14.6. The first-order chi connectivity index (χ1) is 21.1. The van der Waals surface area contributed by atoms with Gasteiger partial charge in [0.25, 0.3) is 0 Å². The lowest BCUT2D eigenvalue weighted by Gasteiger charge is -2.19. The predicted molar refractivity (Wildman–Crippen MR) is 174 cm³/mol. The average Bonchev–Trinajstić information content (AvgIpc) is 3.67. The molecule has 0 spiro atoms. The molecule has 0 radical (unpaired) electrons. The van der Waals surface area contributed by atoms with Gasteiger partial charge in [-0.3, -0.25) is 9.55 Å². The second-order valence-corrected chi connectivity index (χ2v) is 11.8. The lowest BCUT2D eigenvalue weighted by Crippen LogP contribution is -2.15. The van der Waals surface area contributed by atoms with E-state index in [1.807, 2.05) is 24.5 Å². The number of rotatable bonds is 3. The molecule has 0 saturated heterocycles. The van der Waals surface area contributed by atoms with Crippen molar-refractivity contribution in [1.29, 1.82) is 0 Å². The Hall–Kier alpha value is -5.55. The van der Waals surface area contributed by atoms with E-state index in [9.17, 15) is 0 Å². The summed E-state index contributed by atoms with van der Waals surface area (Å²) in [7, 11) is 0. The number of para-hydroxylation sites is 1. The van der Waals surface area contributed by atoms with E-state index in [0.29, 0.717) is 5.95 Å². The van der Waals surface area contributed by atoms with Gasteiger partial charge < -0.3 is 4.57 Å². The number of benzene rings is 4. The first-order valence-electron chi connectivity index (χ1n) is 14.6. The van der Waals surface area contributed by atoms with Crippen LogP contribution < -0.4 is 0 Å². The van der Waals surface area contributed by atoms with Crippen molar-refractivity contribution in [2.75, 3.05) is 0 Å². The van der Waals surface area contributed by atoms with Crippen LogP contribution in [0.15, 0.2) is 128 Å². The molecular formula is C38H27N5. The van der Waals surface area contributed by atoms with Crippen LogP contribution in [-0.4, -0.2) is 24.1 Å². The summed E-state index contributed by atoms with van der Waals surface area (Å²) in [6.07, 6.45) is 3.82. The molecule has 0 amide bonds. The van der Waals surface area contributed by atoms with Crippen LogP contribution in [-0.2, 0) is 5.41 Å². The van der Waals surface area contributed by atoms with E-state index in [-0.39, 0.29) is 5.41 Å². The van der Waals surface area contributed by atoms with E-state index < -0.39 is 0 Å². The zero-order chi connectivity index (χ0) is 28.7. The summed E-state index contributed by atoms with van der Waals surface area (Å²) in [5.41, 5.74) is 10.9. The summed E-state index contributed by atoms with van der Waals surface area (Å²) < 4.78 is 4.65. The Balaban J connectivity index is 1.37. The number of aromatic nitrogens is 5. The SMILES string of the molecule is CC1(C)c2cc3c(cc2-n2c1cc1ccccc12)c1cnccc1n3-c1nc(-c2ccccc2)cc(-c2ccccc2)n1. The van der Waals surface area contributed by atoms with E-state index in [1.54, 1.807) is 0 Å². The number of nitrogens with zero attached hydrogens (tertiary/aromatic N) is 5. The van der Waals surface area contributed by atoms with Crippen molar-refractivity contribution in [1.82, 2.24) is 24.1 Å². The van der Waals surface area contributed by atoms with Gasteiger partial charge >= 0.3 is 0 Å². The second-order valence-electron chi connectivity index (χ2n) is 11.8. The molecule has 8 aromatic rings. The third kappa shape index (κ3) is 3.42. The molecule has 0 aliphatic carbocycles. The van der Waals surface area contributed by atoms with Crippen LogP contribution in [0.3, 0.4) is 0 Å². The molecule has 1 aliphatic heterocycles. The van der Waals surface area contributed by atoms with Gasteiger partial charge in [-0.2, -0.15) is 0 Å². The van der Waals surface area contributed by atoms with Gasteiger partial charge in [-0.15, -0.1) is 0 Å². The van der Waals surface area contributed by atoms with Gasteiger partial charge in [0.05, 0.1) is 33.6 Å². The van der Waals surface area contributed by atoms with Gasteiger partial charge in [0.1, 0.15) is 0 Å². The zero-order valence-electron chi connectivity index (χ0n) is 23.9. The minimum Gasteiger partial charge on any atom is -0.312 e. The van der Waals surface area contributed by atoms with E-state index >= 15 is 0 Å². The quantitative estimate of drug-likeness (QED) is 0.220. The third-order valence-electron chi connectivity index (χ3n) is 9.00. The summed E-state index contributed by atoms with van der Waals surface area (Å²) in [4.78, 5) is 14.9. The molecule has 0 bridgehead atoms. The molecular weight excluding hydrogens is 526 g/mol. The van der Waals surface area contributed by atoms with E-state index in [0.717, 1.165) is 44.3 Å². The number of fused-ring (bicyclic) bond motifs is 8. The van der Waals surface area contributed by atoms with Crippen LogP contribution in [0, 0.1) is 0 Å². The first kappa shape index (κ1) is 24.1. The largest absolute Gasteiger partial charge is 0.312 e. The van der Waals surface area contributed by atoms with Crippen molar-refractivity contribution in [2.24, 2.45) is 0 Å². The van der Waals surface area contributed by atoms with Crippen LogP contribution in [0.5, 0.6) is 0 Å². The fourth-order valence-corrected chi connectivity index (χ4v) is 6.86. The second kappa shape index (κ2) is 8.73. The molecule has 0 N–H and O–H groups in total. The van der Waals surface area contributed by atoms with Gasteiger partial charge in [-0.1, -0.05) is 92.7 Å². The Kier molecular flexibility index (Phi) is 4.89. The number of hydrogen-bond acceptors (Lipinski definition) is 3. The molecule has 0 saturated carbocycles. The molecule has 5 heterocycles. The predicted octanol–water partition coefficient (Wildman–Crippen LogP) is 8.89. The highest BCUT2D eigenvalue weighted by Gasteiger charge is 2.38.